The molecule has 2 aromatic rings. The van der Waals surface area contributed by atoms with E-state index in [9.17, 15) is 0 Å². The summed E-state index contributed by atoms with van der Waals surface area (Å²) in [5, 5.41) is 0.737. The molecular weight excluding hydrogens is 250 g/mol. The Balaban J connectivity index is 2.21. The monoisotopic (exact) mass is 263 g/mol. The Kier molecular flexibility index (Phi) is 4.11. The van der Waals surface area contributed by atoms with E-state index < -0.39 is 0 Å². The Morgan fingerprint density at radius 2 is 1.76 bits per heavy atom. The number of hydrogen-bond donors (Lipinski definition) is 1. The quantitative estimate of drug-likeness (QED) is 0.882. The molecule has 2 N–H and O–H groups in total. The van der Waals surface area contributed by atoms with Gasteiger partial charge in [-0.3, -0.25) is 0 Å². The third kappa shape index (κ3) is 3.25. The summed E-state index contributed by atoms with van der Waals surface area (Å²) in [5.41, 5.74) is 6.82. The second-order valence-corrected chi connectivity index (χ2v) is 5.44. The van der Waals surface area contributed by atoms with Gasteiger partial charge in [-0.25, -0.2) is 0 Å². The molecule has 1 nitrogen and oxygen atoms in total. The normalized spacial score (nSPS) is 12.4. The Morgan fingerprint density at radius 1 is 1.06 bits per heavy atom. The molecule has 0 amide bonds. The molecule has 0 aliphatic rings. The third-order valence-electron chi connectivity index (χ3n) is 2.44. The standard InChI is InChI=1S/C14H14ClNS/c1-10(16)13-8-7-12(9-14(13)15)17-11-5-3-2-4-6-11/h2-10H,16H2,1H3. The van der Waals surface area contributed by atoms with Gasteiger partial charge in [0, 0.05) is 20.9 Å². The molecule has 2 aromatic carbocycles. The SMILES string of the molecule is CC(N)c1ccc(Sc2ccccc2)cc1Cl. The lowest BCUT2D eigenvalue weighted by molar-refractivity contribution is 0.817. The maximum atomic E-state index is 6.20. The average Bonchev–Trinajstić information content (AvgIpc) is 2.30. The number of nitrogens with two attached hydrogens (primary N) is 1. The molecule has 17 heavy (non-hydrogen) atoms. The van der Waals surface area contributed by atoms with Crippen molar-refractivity contribution in [1.82, 2.24) is 0 Å². The van der Waals surface area contributed by atoms with Crippen molar-refractivity contribution < 1.29 is 0 Å². The van der Waals surface area contributed by atoms with E-state index in [1.54, 1.807) is 11.8 Å². The maximum absolute atomic E-state index is 6.20. The van der Waals surface area contributed by atoms with Gasteiger partial charge in [0.15, 0.2) is 0 Å². The van der Waals surface area contributed by atoms with Crippen LogP contribution < -0.4 is 5.73 Å². The molecule has 0 aliphatic heterocycles. The van der Waals surface area contributed by atoms with Crippen LogP contribution in [-0.2, 0) is 0 Å². The average molecular weight is 264 g/mol. The van der Waals surface area contributed by atoms with Gasteiger partial charge in [-0.1, -0.05) is 47.6 Å². The minimum Gasteiger partial charge on any atom is -0.324 e. The topological polar surface area (TPSA) is 26.0 Å². The highest BCUT2D eigenvalue weighted by Crippen LogP contribution is 2.31. The van der Waals surface area contributed by atoms with Crippen LogP contribution in [-0.4, -0.2) is 0 Å². The van der Waals surface area contributed by atoms with Crippen molar-refractivity contribution in [2.45, 2.75) is 22.8 Å². The van der Waals surface area contributed by atoms with Crippen LogP contribution in [0.2, 0.25) is 5.02 Å². The van der Waals surface area contributed by atoms with E-state index in [0.29, 0.717) is 0 Å². The fourth-order valence-electron chi connectivity index (χ4n) is 1.57. The largest absolute Gasteiger partial charge is 0.324 e. The summed E-state index contributed by atoms with van der Waals surface area (Å²) < 4.78 is 0. The number of hydrogen-bond acceptors (Lipinski definition) is 2. The van der Waals surface area contributed by atoms with Crippen molar-refractivity contribution in [2.75, 3.05) is 0 Å². The van der Waals surface area contributed by atoms with Crippen LogP contribution in [0.5, 0.6) is 0 Å². The van der Waals surface area contributed by atoms with Crippen LogP contribution >= 0.6 is 23.4 Å². The molecule has 0 fully saturated rings. The molecule has 1 unspecified atom stereocenters. The molecule has 0 aliphatic carbocycles. The van der Waals surface area contributed by atoms with Gasteiger partial charge in [-0.2, -0.15) is 0 Å². The molecule has 0 bridgehead atoms. The van der Waals surface area contributed by atoms with Gasteiger partial charge in [0.2, 0.25) is 0 Å². The van der Waals surface area contributed by atoms with Crippen molar-refractivity contribution in [3.63, 3.8) is 0 Å². The first-order valence-corrected chi connectivity index (χ1v) is 6.64. The van der Waals surface area contributed by atoms with Gasteiger partial charge in [0.05, 0.1) is 0 Å². The smallest absolute Gasteiger partial charge is 0.0464 e. The predicted molar refractivity (Wildman–Crippen MR) is 74.6 cm³/mol. The fraction of sp³-hybridized carbons (Fsp3) is 0.143. The zero-order chi connectivity index (χ0) is 12.3. The first-order valence-electron chi connectivity index (χ1n) is 5.45. The summed E-state index contributed by atoms with van der Waals surface area (Å²) in [7, 11) is 0. The van der Waals surface area contributed by atoms with E-state index in [-0.39, 0.29) is 6.04 Å². The van der Waals surface area contributed by atoms with Crippen molar-refractivity contribution in [1.29, 1.82) is 0 Å². The number of rotatable bonds is 3. The van der Waals surface area contributed by atoms with E-state index in [1.807, 2.05) is 37.3 Å². The molecular formula is C14H14ClNS. The Labute approximate surface area is 111 Å². The van der Waals surface area contributed by atoms with E-state index in [1.165, 1.54) is 4.90 Å². The van der Waals surface area contributed by atoms with Crippen LogP contribution in [0.3, 0.4) is 0 Å². The van der Waals surface area contributed by atoms with Crippen molar-refractivity contribution in [3.05, 3.63) is 59.1 Å². The van der Waals surface area contributed by atoms with Crippen molar-refractivity contribution >= 4 is 23.4 Å². The van der Waals surface area contributed by atoms with Crippen LogP contribution in [0.4, 0.5) is 0 Å². The highest BCUT2D eigenvalue weighted by atomic mass is 35.5. The van der Waals surface area contributed by atoms with Gasteiger partial charge < -0.3 is 5.73 Å². The highest BCUT2D eigenvalue weighted by molar-refractivity contribution is 7.99. The van der Waals surface area contributed by atoms with Crippen LogP contribution in [0.25, 0.3) is 0 Å². The lowest BCUT2D eigenvalue weighted by Gasteiger charge is -2.09. The minimum atomic E-state index is -0.0294. The fourth-order valence-corrected chi connectivity index (χ4v) is 2.86. The third-order valence-corrected chi connectivity index (χ3v) is 3.77. The summed E-state index contributed by atoms with van der Waals surface area (Å²) in [6, 6.07) is 16.2. The zero-order valence-electron chi connectivity index (χ0n) is 9.56. The zero-order valence-corrected chi connectivity index (χ0v) is 11.1. The van der Waals surface area contributed by atoms with E-state index in [0.717, 1.165) is 15.5 Å². The van der Waals surface area contributed by atoms with Gasteiger partial charge >= 0.3 is 0 Å². The summed E-state index contributed by atoms with van der Waals surface area (Å²) >= 11 is 7.89. The van der Waals surface area contributed by atoms with E-state index in [2.05, 4.69) is 18.2 Å². The molecule has 1 atom stereocenters. The minimum absolute atomic E-state index is 0.0294. The summed E-state index contributed by atoms with van der Waals surface area (Å²) in [5.74, 6) is 0. The molecule has 0 saturated carbocycles. The second-order valence-electron chi connectivity index (χ2n) is 3.89. The Hall–Kier alpha value is -0.960. The maximum Gasteiger partial charge on any atom is 0.0464 e. The van der Waals surface area contributed by atoms with Gasteiger partial charge in [0.25, 0.3) is 0 Å². The lowest BCUT2D eigenvalue weighted by atomic mass is 10.1. The highest BCUT2D eigenvalue weighted by Gasteiger charge is 2.06. The predicted octanol–water partition coefficient (Wildman–Crippen LogP) is 4.51. The number of benzene rings is 2. The molecule has 0 heterocycles. The Morgan fingerprint density at radius 3 is 2.35 bits per heavy atom. The van der Waals surface area contributed by atoms with Gasteiger partial charge in [0.1, 0.15) is 0 Å². The van der Waals surface area contributed by atoms with Crippen LogP contribution in [0, 0.1) is 0 Å². The van der Waals surface area contributed by atoms with Crippen molar-refractivity contribution in [2.24, 2.45) is 5.73 Å². The lowest BCUT2D eigenvalue weighted by Crippen LogP contribution is -2.05. The number of halogens is 1. The summed E-state index contributed by atoms with van der Waals surface area (Å²) in [6.45, 7) is 1.94. The van der Waals surface area contributed by atoms with E-state index >= 15 is 0 Å². The second kappa shape index (κ2) is 5.58. The summed E-state index contributed by atoms with van der Waals surface area (Å²) in [4.78, 5) is 2.34. The molecule has 0 saturated heterocycles. The molecule has 2 rings (SSSR count). The molecule has 0 spiro atoms. The molecule has 88 valence electrons. The molecule has 0 radical (unpaired) electrons. The summed E-state index contributed by atoms with van der Waals surface area (Å²) in [6.07, 6.45) is 0. The van der Waals surface area contributed by atoms with Gasteiger partial charge in [-0.15, -0.1) is 0 Å². The van der Waals surface area contributed by atoms with Crippen LogP contribution in [0.1, 0.15) is 18.5 Å². The van der Waals surface area contributed by atoms with Crippen LogP contribution in [0.15, 0.2) is 58.3 Å². The van der Waals surface area contributed by atoms with Gasteiger partial charge in [-0.05, 0) is 36.8 Å². The first kappa shape index (κ1) is 12.5. The molecule has 3 heteroatoms. The van der Waals surface area contributed by atoms with Crippen molar-refractivity contribution in [3.8, 4) is 0 Å². The first-order chi connectivity index (χ1) is 8.16. The van der Waals surface area contributed by atoms with E-state index in [4.69, 9.17) is 17.3 Å². The Bertz CT molecular complexity index is 497. The molecule has 0 aromatic heterocycles.